The van der Waals surface area contributed by atoms with Crippen LogP contribution in [-0.2, 0) is 6.54 Å². The highest BCUT2D eigenvalue weighted by Gasteiger charge is 2.29. The SMILES string of the molecule is CC(C)(C)C(c1ccc(-c2ccccc2)cc1)c1cc(CN)c(O)c(-c2ccccc2O)c1. The van der Waals surface area contributed by atoms with Gasteiger partial charge in [0, 0.05) is 29.2 Å². The van der Waals surface area contributed by atoms with Gasteiger partial charge in [0.1, 0.15) is 11.5 Å². The maximum atomic E-state index is 10.9. The quantitative estimate of drug-likeness (QED) is 0.313. The van der Waals surface area contributed by atoms with Gasteiger partial charge in [0.2, 0.25) is 0 Å². The van der Waals surface area contributed by atoms with Crippen LogP contribution in [0.4, 0.5) is 0 Å². The molecule has 0 fully saturated rings. The molecule has 4 rings (SSSR count). The molecule has 168 valence electrons. The summed E-state index contributed by atoms with van der Waals surface area (Å²) >= 11 is 0. The highest BCUT2D eigenvalue weighted by molar-refractivity contribution is 5.77. The van der Waals surface area contributed by atoms with Crippen LogP contribution in [0.2, 0.25) is 0 Å². The van der Waals surface area contributed by atoms with Gasteiger partial charge in [0.15, 0.2) is 0 Å². The number of nitrogens with two attached hydrogens (primary N) is 1. The molecule has 3 nitrogen and oxygen atoms in total. The Bertz CT molecular complexity index is 1240. The summed E-state index contributed by atoms with van der Waals surface area (Å²) in [5.41, 5.74) is 12.4. The van der Waals surface area contributed by atoms with E-state index >= 15 is 0 Å². The molecule has 0 saturated carbocycles. The normalized spacial score (nSPS) is 12.5. The average Bonchev–Trinajstić information content (AvgIpc) is 2.81. The van der Waals surface area contributed by atoms with E-state index in [1.165, 1.54) is 16.7 Å². The van der Waals surface area contributed by atoms with Gasteiger partial charge in [0.05, 0.1) is 0 Å². The lowest BCUT2D eigenvalue weighted by atomic mass is 9.71. The third-order valence-corrected chi connectivity index (χ3v) is 6.18. The molecule has 0 saturated heterocycles. The molecule has 4 aromatic rings. The number of aromatic hydroxyl groups is 2. The molecular formula is C30H31NO2. The second-order valence-electron chi connectivity index (χ2n) is 9.58. The van der Waals surface area contributed by atoms with Gasteiger partial charge >= 0.3 is 0 Å². The van der Waals surface area contributed by atoms with Crippen LogP contribution in [0, 0.1) is 5.41 Å². The van der Waals surface area contributed by atoms with Gasteiger partial charge in [-0.1, -0.05) is 99.6 Å². The zero-order chi connectivity index (χ0) is 23.6. The van der Waals surface area contributed by atoms with Crippen LogP contribution in [0.3, 0.4) is 0 Å². The van der Waals surface area contributed by atoms with Crippen LogP contribution in [0.1, 0.15) is 43.4 Å². The van der Waals surface area contributed by atoms with E-state index in [-0.39, 0.29) is 29.4 Å². The van der Waals surface area contributed by atoms with Gasteiger partial charge in [-0.25, -0.2) is 0 Å². The summed E-state index contributed by atoms with van der Waals surface area (Å²) in [5, 5.41) is 21.4. The Morgan fingerprint density at radius 3 is 1.91 bits per heavy atom. The molecule has 0 aliphatic heterocycles. The summed E-state index contributed by atoms with van der Waals surface area (Å²) in [6.07, 6.45) is 0. The number of hydrogen-bond acceptors (Lipinski definition) is 3. The van der Waals surface area contributed by atoms with E-state index in [1.807, 2.05) is 42.5 Å². The Morgan fingerprint density at radius 2 is 1.30 bits per heavy atom. The fourth-order valence-electron chi connectivity index (χ4n) is 4.64. The maximum absolute atomic E-state index is 10.9. The second-order valence-corrected chi connectivity index (χ2v) is 9.58. The van der Waals surface area contributed by atoms with Crippen molar-refractivity contribution in [3.05, 3.63) is 108 Å². The van der Waals surface area contributed by atoms with Crippen LogP contribution < -0.4 is 5.73 Å². The summed E-state index contributed by atoms with van der Waals surface area (Å²) in [7, 11) is 0. The van der Waals surface area contributed by atoms with Crippen LogP contribution in [0.15, 0.2) is 91.0 Å². The summed E-state index contributed by atoms with van der Waals surface area (Å²) < 4.78 is 0. The molecule has 33 heavy (non-hydrogen) atoms. The molecule has 1 unspecified atom stereocenters. The third kappa shape index (κ3) is 4.64. The highest BCUT2D eigenvalue weighted by atomic mass is 16.3. The second kappa shape index (κ2) is 9.13. The van der Waals surface area contributed by atoms with E-state index in [2.05, 4.69) is 57.2 Å². The molecule has 0 heterocycles. The van der Waals surface area contributed by atoms with Crippen molar-refractivity contribution < 1.29 is 10.2 Å². The van der Waals surface area contributed by atoms with Gasteiger partial charge in [0.25, 0.3) is 0 Å². The lowest BCUT2D eigenvalue weighted by Gasteiger charge is -2.33. The molecule has 1 atom stereocenters. The van der Waals surface area contributed by atoms with Crippen LogP contribution in [0.25, 0.3) is 22.3 Å². The van der Waals surface area contributed by atoms with Crippen molar-refractivity contribution in [3.8, 4) is 33.8 Å². The maximum Gasteiger partial charge on any atom is 0.128 e. The largest absolute Gasteiger partial charge is 0.507 e. The van der Waals surface area contributed by atoms with Crippen molar-refractivity contribution in [2.75, 3.05) is 0 Å². The topological polar surface area (TPSA) is 66.5 Å². The van der Waals surface area contributed by atoms with Crippen LogP contribution >= 0.6 is 0 Å². The lowest BCUT2D eigenvalue weighted by molar-refractivity contribution is 0.358. The molecule has 0 spiro atoms. The van der Waals surface area contributed by atoms with E-state index < -0.39 is 0 Å². The molecular weight excluding hydrogens is 406 g/mol. The van der Waals surface area contributed by atoms with Crippen molar-refractivity contribution in [2.45, 2.75) is 33.2 Å². The van der Waals surface area contributed by atoms with Crippen molar-refractivity contribution in [1.82, 2.24) is 0 Å². The summed E-state index contributed by atoms with van der Waals surface area (Å²) in [6, 6.07) is 30.1. The molecule has 0 aliphatic carbocycles. The first-order valence-electron chi connectivity index (χ1n) is 11.3. The Balaban J connectivity index is 1.85. The van der Waals surface area contributed by atoms with Gasteiger partial charge < -0.3 is 15.9 Å². The molecule has 0 bridgehead atoms. The minimum Gasteiger partial charge on any atom is -0.507 e. The number of hydrogen-bond donors (Lipinski definition) is 3. The molecule has 3 heteroatoms. The number of phenolic OH excluding ortho intramolecular Hbond substituents is 2. The first-order chi connectivity index (χ1) is 15.8. The highest BCUT2D eigenvalue weighted by Crippen LogP contribution is 2.45. The fourth-order valence-corrected chi connectivity index (χ4v) is 4.64. The zero-order valence-corrected chi connectivity index (χ0v) is 19.4. The standard InChI is InChI=1S/C30H31NO2/c1-30(2,3)28(22-15-13-21(14-16-22)20-9-5-4-6-10-20)23-17-24(19-31)29(33)26(18-23)25-11-7-8-12-27(25)32/h4-18,28,32-33H,19,31H2,1-3H3. The first kappa shape index (κ1) is 22.6. The van der Waals surface area contributed by atoms with Gasteiger partial charge in [-0.3, -0.25) is 0 Å². The van der Waals surface area contributed by atoms with Gasteiger partial charge in [-0.2, -0.15) is 0 Å². The van der Waals surface area contributed by atoms with E-state index in [1.54, 1.807) is 12.1 Å². The molecule has 0 aliphatic rings. The Labute approximate surface area is 196 Å². The smallest absolute Gasteiger partial charge is 0.128 e. The van der Waals surface area contributed by atoms with Crippen molar-refractivity contribution in [2.24, 2.45) is 11.1 Å². The van der Waals surface area contributed by atoms with E-state index in [0.717, 1.165) is 5.56 Å². The lowest BCUT2D eigenvalue weighted by Crippen LogP contribution is -2.20. The summed E-state index contributed by atoms with van der Waals surface area (Å²) in [4.78, 5) is 0. The number of phenols is 2. The van der Waals surface area contributed by atoms with Gasteiger partial charge in [-0.15, -0.1) is 0 Å². The van der Waals surface area contributed by atoms with E-state index in [4.69, 9.17) is 5.73 Å². The molecule has 4 N–H and O–H groups in total. The number of benzene rings is 4. The monoisotopic (exact) mass is 437 g/mol. The van der Waals surface area contributed by atoms with Crippen molar-refractivity contribution in [3.63, 3.8) is 0 Å². The number of para-hydroxylation sites is 1. The first-order valence-corrected chi connectivity index (χ1v) is 11.3. The Morgan fingerprint density at radius 1 is 0.697 bits per heavy atom. The predicted octanol–water partition coefficient (Wildman–Crippen LogP) is 7.07. The van der Waals surface area contributed by atoms with Crippen molar-refractivity contribution >= 4 is 0 Å². The van der Waals surface area contributed by atoms with Crippen LogP contribution in [-0.4, -0.2) is 10.2 Å². The van der Waals surface area contributed by atoms with Crippen molar-refractivity contribution in [1.29, 1.82) is 0 Å². The Kier molecular flexibility index (Phi) is 6.26. The summed E-state index contributed by atoms with van der Waals surface area (Å²) in [6.45, 7) is 6.87. The molecule has 4 aromatic carbocycles. The van der Waals surface area contributed by atoms with Crippen LogP contribution in [0.5, 0.6) is 11.5 Å². The molecule has 0 radical (unpaired) electrons. The molecule has 0 aromatic heterocycles. The third-order valence-electron chi connectivity index (χ3n) is 6.18. The predicted molar refractivity (Wildman–Crippen MR) is 136 cm³/mol. The fraction of sp³-hybridized carbons (Fsp3) is 0.200. The summed E-state index contributed by atoms with van der Waals surface area (Å²) in [5.74, 6) is 0.320. The van der Waals surface area contributed by atoms with E-state index in [9.17, 15) is 10.2 Å². The number of rotatable bonds is 5. The minimum atomic E-state index is -0.0902. The average molecular weight is 438 g/mol. The van der Waals surface area contributed by atoms with Gasteiger partial charge in [-0.05, 0) is 39.8 Å². The zero-order valence-electron chi connectivity index (χ0n) is 19.4. The minimum absolute atomic E-state index is 0.0674. The molecule has 0 amide bonds. The Hall–Kier alpha value is -3.56. The van der Waals surface area contributed by atoms with E-state index in [0.29, 0.717) is 16.7 Å².